The zero-order valence-corrected chi connectivity index (χ0v) is 10.7. The van der Waals surface area contributed by atoms with Gasteiger partial charge in [-0.15, -0.1) is 0 Å². The Balaban J connectivity index is 2.34. The number of hydrogen-bond donors (Lipinski definition) is 0. The lowest BCUT2D eigenvalue weighted by Gasteiger charge is -2.04. The summed E-state index contributed by atoms with van der Waals surface area (Å²) in [6.07, 6.45) is 3.29. The van der Waals surface area contributed by atoms with Crippen LogP contribution in [0.5, 0.6) is 0 Å². The van der Waals surface area contributed by atoms with Crippen molar-refractivity contribution in [3.05, 3.63) is 58.2 Å². The molecule has 2 aromatic heterocycles. The summed E-state index contributed by atoms with van der Waals surface area (Å²) in [5, 5.41) is 0.519. The van der Waals surface area contributed by atoms with Gasteiger partial charge in [0.05, 0.1) is 16.5 Å². The Bertz CT molecular complexity index is 807. The molecule has 0 aliphatic carbocycles. The Morgan fingerprint density at radius 1 is 1.21 bits per heavy atom. The molecule has 0 bridgehead atoms. The number of nitrogens with zero attached hydrogens (tertiary/aromatic N) is 2. The molecule has 4 heteroatoms. The van der Waals surface area contributed by atoms with Gasteiger partial charge in [0, 0.05) is 12.4 Å². The van der Waals surface area contributed by atoms with Crippen LogP contribution in [-0.4, -0.2) is 9.97 Å². The van der Waals surface area contributed by atoms with Crippen LogP contribution >= 0.6 is 0 Å². The van der Waals surface area contributed by atoms with Crippen LogP contribution in [0.3, 0.4) is 0 Å². The van der Waals surface area contributed by atoms with Crippen molar-refractivity contribution in [1.29, 1.82) is 0 Å². The number of fused-ring (bicyclic) bond motifs is 1. The molecule has 0 radical (unpaired) electrons. The molecule has 3 rings (SSSR count). The van der Waals surface area contributed by atoms with Gasteiger partial charge in [-0.2, -0.15) is 0 Å². The van der Waals surface area contributed by atoms with Gasteiger partial charge in [-0.25, -0.2) is 9.78 Å². The number of rotatable bonds is 1. The van der Waals surface area contributed by atoms with Crippen molar-refractivity contribution in [2.45, 2.75) is 13.8 Å². The summed E-state index contributed by atoms with van der Waals surface area (Å²) in [7, 11) is 0. The third kappa shape index (κ3) is 2.01. The molecule has 0 saturated carbocycles. The molecule has 1 aromatic carbocycles. The van der Waals surface area contributed by atoms with Crippen molar-refractivity contribution in [2.75, 3.05) is 0 Å². The molecule has 0 amide bonds. The number of aromatic nitrogens is 2. The second kappa shape index (κ2) is 4.31. The van der Waals surface area contributed by atoms with E-state index in [2.05, 4.69) is 9.97 Å². The SMILES string of the molecule is Cc1cc(C)c2nc(-c3cccnc3)oc(=O)c2c1. The van der Waals surface area contributed by atoms with Crippen LogP contribution < -0.4 is 5.63 Å². The quantitative estimate of drug-likeness (QED) is 0.668. The number of benzene rings is 1. The Morgan fingerprint density at radius 2 is 2.05 bits per heavy atom. The van der Waals surface area contributed by atoms with Gasteiger partial charge in [0.15, 0.2) is 0 Å². The van der Waals surface area contributed by atoms with Crippen molar-refractivity contribution in [2.24, 2.45) is 0 Å². The summed E-state index contributed by atoms with van der Waals surface area (Å²) >= 11 is 0. The maximum absolute atomic E-state index is 12.1. The fraction of sp³-hybridized carbons (Fsp3) is 0.133. The van der Waals surface area contributed by atoms with E-state index in [4.69, 9.17) is 4.42 Å². The minimum Gasteiger partial charge on any atom is -0.403 e. The van der Waals surface area contributed by atoms with Crippen LogP contribution in [0.1, 0.15) is 11.1 Å². The van der Waals surface area contributed by atoms with E-state index in [-0.39, 0.29) is 5.63 Å². The Morgan fingerprint density at radius 3 is 2.79 bits per heavy atom. The lowest BCUT2D eigenvalue weighted by molar-refractivity contribution is 0.518. The maximum atomic E-state index is 12.1. The highest BCUT2D eigenvalue weighted by atomic mass is 16.4. The lowest BCUT2D eigenvalue weighted by atomic mass is 10.1. The first kappa shape index (κ1) is 11.6. The first-order valence-electron chi connectivity index (χ1n) is 5.97. The Labute approximate surface area is 109 Å². The van der Waals surface area contributed by atoms with Crippen molar-refractivity contribution in [3.8, 4) is 11.5 Å². The molecule has 4 nitrogen and oxygen atoms in total. The molecular weight excluding hydrogens is 240 g/mol. The predicted octanol–water partition coefficient (Wildman–Crippen LogP) is 2.87. The van der Waals surface area contributed by atoms with E-state index in [9.17, 15) is 4.79 Å². The van der Waals surface area contributed by atoms with Crippen LogP contribution in [0.25, 0.3) is 22.4 Å². The van der Waals surface area contributed by atoms with E-state index in [1.807, 2.05) is 26.0 Å². The second-order valence-corrected chi connectivity index (χ2v) is 4.53. The molecular formula is C15H12N2O2. The molecule has 2 heterocycles. The zero-order chi connectivity index (χ0) is 13.4. The maximum Gasteiger partial charge on any atom is 0.347 e. The number of pyridine rings is 1. The lowest BCUT2D eigenvalue weighted by Crippen LogP contribution is -2.04. The van der Waals surface area contributed by atoms with Crippen molar-refractivity contribution in [1.82, 2.24) is 9.97 Å². The first-order valence-corrected chi connectivity index (χ1v) is 5.97. The summed E-state index contributed by atoms with van der Waals surface area (Å²) in [6, 6.07) is 7.40. The van der Waals surface area contributed by atoms with Crippen LogP contribution in [0, 0.1) is 13.8 Å². The average Bonchev–Trinajstić information content (AvgIpc) is 2.41. The fourth-order valence-corrected chi connectivity index (χ4v) is 2.14. The summed E-state index contributed by atoms with van der Waals surface area (Å²) in [5.74, 6) is 0.303. The van der Waals surface area contributed by atoms with Crippen LogP contribution in [0.4, 0.5) is 0 Å². The van der Waals surface area contributed by atoms with E-state index in [0.29, 0.717) is 22.4 Å². The van der Waals surface area contributed by atoms with Crippen LogP contribution in [0.2, 0.25) is 0 Å². The molecule has 0 spiro atoms. The first-order chi connectivity index (χ1) is 9.15. The highest BCUT2D eigenvalue weighted by Gasteiger charge is 2.10. The summed E-state index contributed by atoms with van der Waals surface area (Å²) in [5.41, 5.74) is 3.00. The van der Waals surface area contributed by atoms with Gasteiger partial charge < -0.3 is 4.42 Å². The second-order valence-electron chi connectivity index (χ2n) is 4.53. The normalized spacial score (nSPS) is 10.8. The van der Waals surface area contributed by atoms with Gasteiger partial charge in [-0.05, 0) is 43.2 Å². The van der Waals surface area contributed by atoms with Gasteiger partial charge >= 0.3 is 5.63 Å². The van der Waals surface area contributed by atoms with Gasteiger partial charge in [0.1, 0.15) is 0 Å². The van der Waals surface area contributed by atoms with E-state index in [1.54, 1.807) is 24.5 Å². The summed E-state index contributed by atoms with van der Waals surface area (Å²) in [6.45, 7) is 3.88. The van der Waals surface area contributed by atoms with Crippen LogP contribution in [-0.2, 0) is 0 Å². The number of aryl methyl sites for hydroxylation is 2. The Hall–Kier alpha value is -2.49. The third-order valence-corrected chi connectivity index (χ3v) is 2.98. The molecule has 0 aliphatic rings. The molecule has 0 atom stereocenters. The van der Waals surface area contributed by atoms with Crippen molar-refractivity contribution >= 4 is 10.9 Å². The van der Waals surface area contributed by atoms with E-state index in [1.165, 1.54) is 0 Å². The van der Waals surface area contributed by atoms with E-state index in [0.717, 1.165) is 11.1 Å². The van der Waals surface area contributed by atoms with Gasteiger partial charge in [0.25, 0.3) is 0 Å². The zero-order valence-electron chi connectivity index (χ0n) is 10.7. The smallest absolute Gasteiger partial charge is 0.347 e. The summed E-state index contributed by atoms with van der Waals surface area (Å²) < 4.78 is 5.28. The third-order valence-electron chi connectivity index (χ3n) is 2.98. The largest absolute Gasteiger partial charge is 0.403 e. The molecule has 0 aliphatic heterocycles. The van der Waals surface area contributed by atoms with E-state index < -0.39 is 0 Å². The standard InChI is InChI=1S/C15H12N2O2/c1-9-6-10(2)13-12(7-9)15(18)19-14(17-13)11-4-3-5-16-8-11/h3-8H,1-2H3. The minimum atomic E-state index is -0.365. The topological polar surface area (TPSA) is 56.0 Å². The van der Waals surface area contributed by atoms with Crippen LogP contribution in [0.15, 0.2) is 45.9 Å². The monoisotopic (exact) mass is 252 g/mol. The van der Waals surface area contributed by atoms with Gasteiger partial charge in [-0.1, -0.05) is 6.07 Å². The molecule has 19 heavy (non-hydrogen) atoms. The highest BCUT2D eigenvalue weighted by Crippen LogP contribution is 2.20. The molecule has 0 N–H and O–H groups in total. The van der Waals surface area contributed by atoms with Gasteiger partial charge in [-0.3, -0.25) is 4.98 Å². The van der Waals surface area contributed by atoms with Gasteiger partial charge in [0.2, 0.25) is 5.89 Å². The molecule has 94 valence electrons. The molecule has 0 unspecified atom stereocenters. The van der Waals surface area contributed by atoms with E-state index >= 15 is 0 Å². The average molecular weight is 252 g/mol. The Kier molecular flexibility index (Phi) is 2.63. The fourth-order valence-electron chi connectivity index (χ4n) is 2.14. The summed E-state index contributed by atoms with van der Waals surface area (Å²) in [4.78, 5) is 20.5. The number of hydrogen-bond acceptors (Lipinski definition) is 4. The molecule has 0 fully saturated rings. The predicted molar refractivity (Wildman–Crippen MR) is 73.0 cm³/mol. The molecule has 0 saturated heterocycles. The van der Waals surface area contributed by atoms with Crippen molar-refractivity contribution < 1.29 is 4.42 Å². The molecule has 3 aromatic rings. The minimum absolute atomic E-state index is 0.303. The highest BCUT2D eigenvalue weighted by molar-refractivity contribution is 5.82. The van der Waals surface area contributed by atoms with Crippen molar-refractivity contribution in [3.63, 3.8) is 0 Å².